The minimum absolute atomic E-state index is 0.0976. The van der Waals surface area contributed by atoms with Gasteiger partial charge >= 0.3 is 12.3 Å². The van der Waals surface area contributed by atoms with E-state index in [1.54, 1.807) is 81.4 Å². The number of rotatable bonds is 7. The van der Waals surface area contributed by atoms with Crippen LogP contribution in [0, 0.1) is 0 Å². The van der Waals surface area contributed by atoms with Gasteiger partial charge in [-0.3, -0.25) is 19.3 Å². The van der Waals surface area contributed by atoms with Crippen molar-refractivity contribution in [3.8, 4) is 0 Å². The van der Waals surface area contributed by atoms with Crippen LogP contribution in [0.25, 0.3) is 0 Å². The van der Waals surface area contributed by atoms with Crippen LogP contribution in [0.15, 0.2) is 91.0 Å². The zero-order valence-corrected chi connectivity index (χ0v) is 22.5. The molecule has 0 fully saturated rings. The third-order valence-electron chi connectivity index (χ3n) is 6.00. The molecule has 1 heterocycles. The molecule has 0 aliphatic carbocycles. The first-order valence-corrected chi connectivity index (χ1v) is 12.6. The van der Waals surface area contributed by atoms with Gasteiger partial charge in [-0.1, -0.05) is 77.6 Å². The Balaban J connectivity index is 1.60. The van der Waals surface area contributed by atoms with Crippen LogP contribution < -0.4 is 10.2 Å². The number of carbonyl (C=O) groups is 3. The van der Waals surface area contributed by atoms with Gasteiger partial charge in [0.05, 0.1) is 0 Å². The number of anilines is 1. The molecule has 0 spiro atoms. The van der Waals surface area contributed by atoms with Crippen molar-refractivity contribution in [3.63, 3.8) is 0 Å². The van der Waals surface area contributed by atoms with E-state index in [1.807, 2.05) is 6.07 Å². The van der Waals surface area contributed by atoms with Gasteiger partial charge in [0.25, 0.3) is 5.91 Å². The molecular weight excluding hydrogens is 537 g/mol. The fourth-order valence-electron chi connectivity index (χ4n) is 3.88. The van der Waals surface area contributed by atoms with Gasteiger partial charge in [0, 0.05) is 35.0 Å². The largest absolute Gasteiger partial charge is 0.436 e. The molecule has 0 radical (unpaired) electrons. The average Bonchev–Trinajstić information content (AvgIpc) is 3.36. The predicted molar refractivity (Wildman–Crippen MR) is 145 cm³/mol. The number of halogens is 3. The summed E-state index contributed by atoms with van der Waals surface area (Å²) in [5.74, 6) is -1.34. The van der Waals surface area contributed by atoms with Gasteiger partial charge in [-0.05, 0) is 38.5 Å². The van der Waals surface area contributed by atoms with Crippen LogP contribution in [0.1, 0.15) is 58.4 Å². The van der Waals surface area contributed by atoms with Crippen LogP contribution in [-0.2, 0) is 12.7 Å². The van der Waals surface area contributed by atoms with Gasteiger partial charge in [-0.25, -0.2) is 4.79 Å². The van der Waals surface area contributed by atoms with Crippen molar-refractivity contribution in [2.45, 2.75) is 39.0 Å². The van der Waals surface area contributed by atoms with Crippen molar-refractivity contribution in [1.82, 2.24) is 14.8 Å². The summed E-state index contributed by atoms with van der Waals surface area (Å²) in [6.07, 6.45) is -5.93. The van der Waals surface area contributed by atoms with Crippen molar-refractivity contribution >= 4 is 23.5 Å². The molecule has 4 aromatic rings. The Morgan fingerprint density at radius 3 is 2.07 bits per heavy atom. The smallest absolute Gasteiger partial charge is 0.321 e. The lowest BCUT2D eigenvalue weighted by atomic mass is 10.0. The molecule has 212 valence electrons. The van der Waals surface area contributed by atoms with E-state index in [2.05, 4.69) is 10.4 Å². The molecule has 41 heavy (non-hydrogen) atoms. The fraction of sp³-hybridized carbons (Fsp3) is 0.200. The maximum atomic E-state index is 13.6. The van der Waals surface area contributed by atoms with E-state index >= 15 is 0 Å². The van der Waals surface area contributed by atoms with Gasteiger partial charge < -0.3 is 5.32 Å². The number of hydrogen-bond acceptors (Lipinski definition) is 5. The summed E-state index contributed by atoms with van der Waals surface area (Å²) in [6.45, 7) is 5.30. The maximum absolute atomic E-state index is 13.6. The molecule has 8 nitrogen and oxygen atoms in total. The van der Waals surface area contributed by atoms with Gasteiger partial charge in [0.1, 0.15) is 0 Å². The van der Waals surface area contributed by atoms with Crippen molar-refractivity contribution in [2.75, 3.05) is 5.32 Å². The molecule has 0 saturated carbocycles. The molecule has 1 N–H and O–H groups in total. The number of benzene rings is 3. The fourth-order valence-corrected chi connectivity index (χ4v) is 3.88. The van der Waals surface area contributed by atoms with Gasteiger partial charge in [-0.2, -0.15) is 13.2 Å². The van der Waals surface area contributed by atoms with Crippen LogP contribution in [0.3, 0.4) is 0 Å². The van der Waals surface area contributed by atoms with E-state index in [0.717, 1.165) is 5.56 Å². The van der Waals surface area contributed by atoms with Crippen LogP contribution >= 0.6 is 0 Å². The SMILES string of the molecule is CC(C)(C)N(Cc1ccccc1)C(=O)On1nc(C(F)(F)F)cc1C(=O)Nc1cccc(C(=O)c2ccccc2)c1. The van der Waals surface area contributed by atoms with Crippen molar-refractivity contribution in [2.24, 2.45) is 0 Å². The Labute approximate surface area is 234 Å². The number of ketones is 1. The highest BCUT2D eigenvalue weighted by molar-refractivity contribution is 6.10. The van der Waals surface area contributed by atoms with E-state index in [0.29, 0.717) is 11.6 Å². The molecule has 0 aliphatic heterocycles. The Morgan fingerprint density at radius 1 is 0.854 bits per heavy atom. The minimum atomic E-state index is -4.91. The summed E-state index contributed by atoms with van der Waals surface area (Å²) in [5, 5.41) is 5.81. The second-order valence-electron chi connectivity index (χ2n) is 10.1. The monoisotopic (exact) mass is 564 g/mol. The van der Waals surface area contributed by atoms with Gasteiger partial charge in [0.2, 0.25) is 0 Å². The van der Waals surface area contributed by atoms with Crippen LogP contribution in [-0.4, -0.2) is 38.2 Å². The topological polar surface area (TPSA) is 93.5 Å². The minimum Gasteiger partial charge on any atom is -0.321 e. The maximum Gasteiger partial charge on any atom is 0.436 e. The van der Waals surface area contributed by atoms with Crippen molar-refractivity contribution in [1.29, 1.82) is 0 Å². The first-order chi connectivity index (χ1) is 19.3. The Morgan fingerprint density at radius 2 is 1.46 bits per heavy atom. The zero-order valence-electron chi connectivity index (χ0n) is 22.5. The summed E-state index contributed by atoms with van der Waals surface area (Å²) >= 11 is 0. The Hall–Kier alpha value is -4.93. The number of hydrogen-bond donors (Lipinski definition) is 1. The van der Waals surface area contributed by atoms with Gasteiger partial charge in [-0.15, -0.1) is 5.10 Å². The van der Waals surface area contributed by atoms with Crippen LogP contribution in [0.4, 0.5) is 23.7 Å². The Bertz CT molecular complexity index is 1550. The third-order valence-corrected chi connectivity index (χ3v) is 6.00. The standard InChI is InChI=1S/C30H27F3N4O4/c1-29(2,3)36(19-20-11-6-4-7-12-20)28(40)41-37-24(18-25(35-37)30(31,32)33)27(39)34-23-16-10-15-22(17-23)26(38)21-13-8-5-9-14-21/h4-18H,19H2,1-3H3,(H,34,39). The number of carbonyl (C=O) groups excluding carboxylic acids is 3. The zero-order chi connectivity index (χ0) is 29.8. The normalized spacial score (nSPS) is 11.6. The molecule has 11 heteroatoms. The first kappa shape index (κ1) is 29.1. The molecule has 0 aliphatic rings. The second-order valence-corrected chi connectivity index (χ2v) is 10.1. The number of alkyl halides is 3. The lowest BCUT2D eigenvalue weighted by Gasteiger charge is -2.34. The molecule has 0 atom stereocenters. The molecular formula is C30H27F3N4O4. The van der Waals surface area contributed by atoms with E-state index in [-0.39, 0.29) is 28.4 Å². The summed E-state index contributed by atoms with van der Waals surface area (Å²) < 4.78 is 40.7. The van der Waals surface area contributed by atoms with E-state index in [4.69, 9.17) is 4.84 Å². The molecule has 0 unspecified atom stereocenters. The lowest BCUT2D eigenvalue weighted by molar-refractivity contribution is -0.142. The molecule has 0 saturated heterocycles. The number of nitrogens with zero attached hydrogens (tertiary/aromatic N) is 3. The summed E-state index contributed by atoms with van der Waals surface area (Å²) in [7, 11) is 0. The quantitative estimate of drug-likeness (QED) is 0.269. The van der Waals surface area contributed by atoms with Crippen molar-refractivity contribution < 1.29 is 32.4 Å². The van der Waals surface area contributed by atoms with Crippen LogP contribution in [0.5, 0.6) is 0 Å². The number of nitrogens with one attached hydrogen (secondary N) is 1. The van der Waals surface area contributed by atoms with Crippen molar-refractivity contribution in [3.05, 3.63) is 119 Å². The highest BCUT2D eigenvalue weighted by Crippen LogP contribution is 2.29. The first-order valence-electron chi connectivity index (χ1n) is 12.6. The molecule has 4 rings (SSSR count). The molecule has 0 bridgehead atoms. The highest BCUT2D eigenvalue weighted by Gasteiger charge is 2.38. The average molecular weight is 565 g/mol. The second kappa shape index (κ2) is 11.7. The predicted octanol–water partition coefficient (Wildman–Crippen LogP) is 6.23. The third kappa shape index (κ3) is 7.18. The van der Waals surface area contributed by atoms with E-state index < -0.39 is 35.1 Å². The Kier molecular flexibility index (Phi) is 8.27. The highest BCUT2D eigenvalue weighted by atomic mass is 19.4. The molecule has 1 aromatic heterocycles. The summed E-state index contributed by atoms with van der Waals surface area (Å²) in [6, 6.07) is 23.8. The number of aromatic nitrogens is 2. The van der Waals surface area contributed by atoms with Gasteiger partial charge in [0.15, 0.2) is 17.2 Å². The van der Waals surface area contributed by atoms with E-state index in [1.165, 1.54) is 23.1 Å². The van der Waals surface area contributed by atoms with E-state index in [9.17, 15) is 27.6 Å². The van der Waals surface area contributed by atoms with Crippen LogP contribution in [0.2, 0.25) is 0 Å². The molecule has 2 amide bonds. The lowest BCUT2D eigenvalue weighted by Crippen LogP contribution is -2.48. The molecule has 3 aromatic carbocycles. The number of amides is 2. The summed E-state index contributed by atoms with van der Waals surface area (Å²) in [4.78, 5) is 46.0. The summed E-state index contributed by atoms with van der Waals surface area (Å²) in [5.41, 5.74) is -1.29.